The van der Waals surface area contributed by atoms with Gasteiger partial charge in [0.2, 0.25) is 5.89 Å². The SMILES string of the molecule is CNCc1nnc(NCCS(C)(=O)=O)o1. The van der Waals surface area contributed by atoms with Crippen LogP contribution in [0.4, 0.5) is 6.01 Å². The molecule has 1 aromatic heterocycles. The summed E-state index contributed by atoms with van der Waals surface area (Å²) in [5.41, 5.74) is 0. The molecule has 0 saturated heterocycles. The van der Waals surface area contributed by atoms with Gasteiger partial charge in [-0.25, -0.2) is 8.42 Å². The van der Waals surface area contributed by atoms with Crippen molar-refractivity contribution in [2.24, 2.45) is 0 Å². The maximum Gasteiger partial charge on any atom is 0.315 e. The minimum atomic E-state index is -2.96. The Morgan fingerprint density at radius 2 is 2.13 bits per heavy atom. The molecule has 0 radical (unpaired) electrons. The minimum absolute atomic E-state index is 0.0384. The number of hydrogen-bond donors (Lipinski definition) is 2. The maximum atomic E-state index is 10.8. The molecule has 0 aromatic carbocycles. The Hall–Kier alpha value is -1.15. The van der Waals surface area contributed by atoms with E-state index in [0.717, 1.165) is 0 Å². The lowest BCUT2D eigenvalue weighted by atomic mass is 10.6. The molecule has 0 bridgehead atoms. The summed E-state index contributed by atoms with van der Waals surface area (Å²) in [7, 11) is -1.20. The Kier molecular flexibility index (Phi) is 4.04. The molecule has 1 rings (SSSR count). The zero-order valence-corrected chi connectivity index (χ0v) is 9.47. The van der Waals surface area contributed by atoms with E-state index in [4.69, 9.17) is 4.42 Å². The van der Waals surface area contributed by atoms with Crippen molar-refractivity contribution in [3.63, 3.8) is 0 Å². The Bertz CT molecular complexity index is 400. The van der Waals surface area contributed by atoms with Crippen LogP contribution in [0.25, 0.3) is 0 Å². The summed E-state index contributed by atoms with van der Waals surface area (Å²) in [4.78, 5) is 0. The fourth-order valence-corrected chi connectivity index (χ4v) is 1.36. The molecule has 0 atom stereocenters. The average molecular weight is 234 g/mol. The summed E-state index contributed by atoms with van der Waals surface area (Å²) >= 11 is 0. The molecule has 86 valence electrons. The first-order valence-electron chi connectivity index (χ1n) is 4.40. The molecule has 0 aliphatic heterocycles. The molecule has 0 amide bonds. The van der Waals surface area contributed by atoms with E-state index < -0.39 is 9.84 Å². The van der Waals surface area contributed by atoms with Crippen LogP contribution >= 0.6 is 0 Å². The summed E-state index contributed by atoms with van der Waals surface area (Å²) in [6.45, 7) is 0.751. The fourth-order valence-electron chi connectivity index (χ4n) is 0.891. The highest BCUT2D eigenvalue weighted by Gasteiger charge is 2.06. The van der Waals surface area contributed by atoms with Gasteiger partial charge < -0.3 is 15.1 Å². The van der Waals surface area contributed by atoms with E-state index in [1.54, 1.807) is 7.05 Å². The summed E-state index contributed by atoms with van der Waals surface area (Å²) in [5.74, 6) is 0.496. The number of nitrogens with one attached hydrogen (secondary N) is 2. The largest absolute Gasteiger partial charge is 0.407 e. The van der Waals surface area contributed by atoms with Crippen LogP contribution in [0, 0.1) is 0 Å². The van der Waals surface area contributed by atoms with Gasteiger partial charge in [0.25, 0.3) is 0 Å². The first-order valence-corrected chi connectivity index (χ1v) is 6.46. The van der Waals surface area contributed by atoms with Gasteiger partial charge >= 0.3 is 6.01 Å². The van der Waals surface area contributed by atoms with E-state index in [1.165, 1.54) is 6.26 Å². The van der Waals surface area contributed by atoms with Crippen molar-refractivity contribution in [1.29, 1.82) is 0 Å². The Morgan fingerprint density at radius 1 is 1.40 bits per heavy atom. The van der Waals surface area contributed by atoms with Crippen LogP contribution in [-0.4, -0.2) is 44.2 Å². The molecular weight excluding hydrogens is 220 g/mol. The summed E-state index contributed by atoms with van der Waals surface area (Å²) < 4.78 is 26.8. The molecule has 1 heterocycles. The van der Waals surface area contributed by atoms with Crippen molar-refractivity contribution in [3.8, 4) is 0 Å². The number of aromatic nitrogens is 2. The quantitative estimate of drug-likeness (QED) is 0.668. The lowest BCUT2D eigenvalue weighted by Crippen LogP contribution is -2.14. The van der Waals surface area contributed by atoms with Gasteiger partial charge in [0.05, 0.1) is 12.3 Å². The Labute approximate surface area is 88.2 Å². The van der Waals surface area contributed by atoms with Crippen LogP contribution in [0.2, 0.25) is 0 Å². The van der Waals surface area contributed by atoms with Gasteiger partial charge in [-0.3, -0.25) is 0 Å². The van der Waals surface area contributed by atoms with E-state index in [0.29, 0.717) is 12.4 Å². The first-order chi connectivity index (χ1) is 7.01. The van der Waals surface area contributed by atoms with Crippen molar-refractivity contribution >= 4 is 15.9 Å². The highest BCUT2D eigenvalue weighted by molar-refractivity contribution is 7.90. The van der Waals surface area contributed by atoms with E-state index in [9.17, 15) is 8.42 Å². The molecule has 0 spiro atoms. The van der Waals surface area contributed by atoms with Gasteiger partial charge in [-0.15, -0.1) is 5.10 Å². The van der Waals surface area contributed by atoms with E-state index in [2.05, 4.69) is 20.8 Å². The van der Waals surface area contributed by atoms with E-state index >= 15 is 0 Å². The van der Waals surface area contributed by atoms with Gasteiger partial charge in [0.15, 0.2) is 0 Å². The fraction of sp³-hybridized carbons (Fsp3) is 0.714. The van der Waals surface area contributed by atoms with Gasteiger partial charge in [-0.2, -0.15) is 0 Å². The van der Waals surface area contributed by atoms with E-state index in [-0.39, 0.29) is 18.3 Å². The number of anilines is 1. The van der Waals surface area contributed by atoms with Gasteiger partial charge in [-0.05, 0) is 7.05 Å². The zero-order valence-electron chi connectivity index (χ0n) is 8.65. The molecule has 15 heavy (non-hydrogen) atoms. The number of sulfone groups is 1. The van der Waals surface area contributed by atoms with Crippen LogP contribution in [0.3, 0.4) is 0 Å². The standard InChI is InChI=1S/C7H14N4O3S/c1-8-5-6-10-11-7(14-6)9-3-4-15(2,12)13/h8H,3-5H2,1-2H3,(H,9,11). The van der Waals surface area contributed by atoms with Crippen LogP contribution in [0.15, 0.2) is 4.42 Å². The number of hydrogen-bond acceptors (Lipinski definition) is 7. The van der Waals surface area contributed by atoms with E-state index in [1.807, 2.05) is 0 Å². The molecular formula is C7H14N4O3S. The highest BCUT2D eigenvalue weighted by Crippen LogP contribution is 2.04. The predicted octanol–water partition coefficient (Wildman–Crippen LogP) is -0.754. The van der Waals surface area contributed by atoms with Gasteiger partial charge in [0.1, 0.15) is 9.84 Å². The van der Waals surface area contributed by atoms with Crippen molar-refractivity contribution in [1.82, 2.24) is 15.5 Å². The van der Waals surface area contributed by atoms with Crippen molar-refractivity contribution in [2.75, 3.05) is 30.9 Å². The third kappa shape index (κ3) is 4.75. The minimum Gasteiger partial charge on any atom is -0.407 e. The van der Waals surface area contributed by atoms with Crippen molar-refractivity contribution < 1.29 is 12.8 Å². The van der Waals surface area contributed by atoms with Crippen LogP contribution in [0.1, 0.15) is 5.89 Å². The normalized spacial score (nSPS) is 11.6. The molecule has 7 nitrogen and oxygen atoms in total. The van der Waals surface area contributed by atoms with Crippen molar-refractivity contribution in [2.45, 2.75) is 6.54 Å². The molecule has 0 saturated carbocycles. The maximum absolute atomic E-state index is 10.8. The number of rotatable bonds is 6. The molecule has 0 fully saturated rings. The topological polar surface area (TPSA) is 97.1 Å². The lowest BCUT2D eigenvalue weighted by molar-refractivity contribution is 0.490. The second kappa shape index (κ2) is 5.08. The summed E-state index contributed by atoms with van der Waals surface area (Å²) in [5, 5.41) is 13.0. The first kappa shape index (κ1) is 11.9. The van der Waals surface area contributed by atoms with Crippen molar-refractivity contribution in [3.05, 3.63) is 5.89 Å². The Balaban J connectivity index is 2.38. The molecule has 1 aromatic rings. The van der Waals surface area contributed by atoms with Crippen LogP contribution in [0.5, 0.6) is 0 Å². The monoisotopic (exact) mass is 234 g/mol. The molecule has 2 N–H and O–H groups in total. The molecule has 8 heteroatoms. The number of nitrogens with zero attached hydrogens (tertiary/aromatic N) is 2. The molecule has 0 unspecified atom stereocenters. The molecule has 0 aliphatic rings. The van der Waals surface area contributed by atoms with Gasteiger partial charge in [0, 0.05) is 12.8 Å². The summed E-state index contributed by atoms with van der Waals surface area (Å²) in [6, 6.07) is 0.240. The van der Waals surface area contributed by atoms with Gasteiger partial charge in [-0.1, -0.05) is 5.10 Å². The van der Waals surface area contributed by atoms with Crippen LogP contribution < -0.4 is 10.6 Å². The highest BCUT2D eigenvalue weighted by atomic mass is 32.2. The third-order valence-electron chi connectivity index (χ3n) is 1.54. The average Bonchev–Trinajstić information content (AvgIpc) is 2.51. The third-order valence-corrected chi connectivity index (χ3v) is 2.49. The predicted molar refractivity (Wildman–Crippen MR) is 55.3 cm³/mol. The smallest absolute Gasteiger partial charge is 0.315 e. The molecule has 0 aliphatic carbocycles. The Morgan fingerprint density at radius 3 is 2.73 bits per heavy atom. The second-order valence-electron chi connectivity index (χ2n) is 3.09. The summed E-state index contributed by atoms with van der Waals surface area (Å²) in [6.07, 6.45) is 1.18. The van der Waals surface area contributed by atoms with Crippen LogP contribution in [-0.2, 0) is 16.4 Å². The second-order valence-corrected chi connectivity index (χ2v) is 5.35. The zero-order chi connectivity index (χ0) is 11.3. The lowest BCUT2D eigenvalue weighted by Gasteiger charge is -1.98.